The van der Waals surface area contributed by atoms with Crippen molar-refractivity contribution < 1.29 is 14.3 Å². The number of halogens is 1. The largest absolute Gasteiger partial charge is 0.486 e. The Morgan fingerprint density at radius 1 is 1.00 bits per heavy atom. The number of thiazole rings is 1. The van der Waals surface area contributed by atoms with Crippen LogP contribution in [0, 0.1) is 13.8 Å². The van der Waals surface area contributed by atoms with Crippen LogP contribution in [0.15, 0.2) is 47.8 Å². The number of aromatic nitrogens is 1. The van der Waals surface area contributed by atoms with Gasteiger partial charge in [0.05, 0.1) is 0 Å². The van der Waals surface area contributed by atoms with Crippen LogP contribution in [0.2, 0.25) is 5.02 Å². The lowest BCUT2D eigenvalue weighted by atomic mass is 9.90. The number of carbonyl (C=O) groups is 2. The summed E-state index contributed by atoms with van der Waals surface area (Å²) < 4.78 is 5.87. The van der Waals surface area contributed by atoms with E-state index in [0.29, 0.717) is 22.9 Å². The van der Waals surface area contributed by atoms with E-state index in [4.69, 9.17) is 16.3 Å². The van der Waals surface area contributed by atoms with Gasteiger partial charge in [-0.1, -0.05) is 30.5 Å². The zero-order valence-electron chi connectivity index (χ0n) is 19.3. The van der Waals surface area contributed by atoms with Gasteiger partial charge in [-0.25, -0.2) is 4.98 Å². The van der Waals surface area contributed by atoms with Crippen LogP contribution in [-0.4, -0.2) is 28.9 Å². The number of nitrogens with one attached hydrogen (secondary N) is 2. The maximum absolute atomic E-state index is 12.9. The number of ether oxygens (including phenoxy) is 1. The molecule has 1 aliphatic carbocycles. The summed E-state index contributed by atoms with van der Waals surface area (Å²) in [7, 11) is 0. The molecule has 0 unspecified atom stereocenters. The van der Waals surface area contributed by atoms with Crippen LogP contribution in [-0.2, 0) is 6.61 Å². The standard InChI is InChI=1S/C26H28ClN3O3S/c1-16-11-17(2)13-20(12-16)33-14-24-28-23(15-34-24)26(32)30-22-6-4-3-5-21(22)29-25(31)18-7-9-19(27)10-8-18/h7-13,15,21-22H,3-6,14H2,1-2H3,(H,29,31)(H,30,32)/t21-,22-/m0/s1. The summed E-state index contributed by atoms with van der Waals surface area (Å²) in [6.45, 7) is 4.37. The number of hydrogen-bond donors (Lipinski definition) is 2. The third kappa shape index (κ3) is 6.36. The Bertz CT molecular complexity index is 1140. The van der Waals surface area contributed by atoms with Crippen molar-refractivity contribution >= 4 is 34.8 Å². The molecule has 1 fully saturated rings. The van der Waals surface area contributed by atoms with E-state index < -0.39 is 0 Å². The topological polar surface area (TPSA) is 80.3 Å². The number of rotatable bonds is 7. The molecule has 2 N–H and O–H groups in total. The van der Waals surface area contributed by atoms with E-state index in [1.807, 2.05) is 26.0 Å². The van der Waals surface area contributed by atoms with E-state index >= 15 is 0 Å². The molecular formula is C26H28ClN3O3S. The second-order valence-electron chi connectivity index (χ2n) is 8.69. The molecule has 2 aromatic carbocycles. The van der Waals surface area contributed by atoms with Gasteiger partial charge in [0, 0.05) is 28.0 Å². The molecule has 4 rings (SSSR count). The number of aryl methyl sites for hydroxylation is 2. The molecule has 34 heavy (non-hydrogen) atoms. The maximum atomic E-state index is 12.9. The molecule has 0 saturated heterocycles. The van der Waals surface area contributed by atoms with E-state index in [0.717, 1.165) is 47.6 Å². The highest BCUT2D eigenvalue weighted by atomic mass is 35.5. The molecule has 6 nitrogen and oxygen atoms in total. The van der Waals surface area contributed by atoms with Crippen molar-refractivity contribution in [2.24, 2.45) is 0 Å². The van der Waals surface area contributed by atoms with Crippen LogP contribution in [0.5, 0.6) is 5.75 Å². The van der Waals surface area contributed by atoms with E-state index in [2.05, 4.69) is 21.7 Å². The van der Waals surface area contributed by atoms with Gasteiger partial charge in [-0.15, -0.1) is 11.3 Å². The van der Waals surface area contributed by atoms with Gasteiger partial charge in [-0.05, 0) is 74.2 Å². The van der Waals surface area contributed by atoms with Gasteiger partial charge in [0.1, 0.15) is 23.1 Å². The molecule has 8 heteroatoms. The van der Waals surface area contributed by atoms with Crippen LogP contribution in [0.25, 0.3) is 0 Å². The van der Waals surface area contributed by atoms with Gasteiger partial charge in [-0.2, -0.15) is 0 Å². The summed E-state index contributed by atoms with van der Waals surface area (Å²) >= 11 is 7.32. The summed E-state index contributed by atoms with van der Waals surface area (Å²) in [6, 6.07) is 12.6. The van der Waals surface area contributed by atoms with E-state index in [1.54, 1.807) is 29.6 Å². The number of nitrogens with zero attached hydrogens (tertiary/aromatic N) is 1. The Morgan fingerprint density at radius 3 is 2.26 bits per heavy atom. The van der Waals surface area contributed by atoms with Gasteiger partial charge in [0.25, 0.3) is 11.8 Å². The molecule has 1 saturated carbocycles. The Labute approximate surface area is 208 Å². The predicted molar refractivity (Wildman–Crippen MR) is 135 cm³/mol. The fourth-order valence-electron chi connectivity index (χ4n) is 4.21. The lowest BCUT2D eigenvalue weighted by Crippen LogP contribution is -2.53. The Balaban J connectivity index is 1.34. The zero-order valence-corrected chi connectivity index (χ0v) is 20.8. The minimum atomic E-state index is -0.230. The molecule has 1 aromatic heterocycles. The molecule has 0 aliphatic heterocycles. The van der Waals surface area contributed by atoms with Crippen molar-refractivity contribution in [2.75, 3.05) is 0 Å². The summed E-state index contributed by atoms with van der Waals surface area (Å²) in [5.41, 5.74) is 3.20. The first-order valence-electron chi connectivity index (χ1n) is 11.4. The molecule has 0 spiro atoms. The van der Waals surface area contributed by atoms with Gasteiger partial charge in [0.2, 0.25) is 0 Å². The molecule has 2 atom stereocenters. The molecule has 1 heterocycles. The summed E-state index contributed by atoms with van der Waals surface area (Å²) in [6.07, 6.45) is 3.64. The number of amides is 2. The number of benzene rings is 2. The van der Waals surface area contributed by atoms with Gasteiger partial charge < -0.3 is 15.4 Å². The molecule has 2 amide bonds. The van der Waals surface area contributed by atoms with Crippen molar-refractivity contribution in [3.05, 3.63) is 80.3 Å². The third-order valence-corrected chi connectivity index (χ3v) is 6.92. The zero-order chi connectivity index (χ0) is 24.1. The second-order valence-corrected chi connectivity index (χ2v) is 10.1. The van der Waals surface area contributed by atoms with Crippen LogP contribution in [0.4, 0.5) is 0 Å². The average Bonchev–Trinajstić information content (AvgIpc) is 3.28. The first-order valence-corrected chi connectivity index (χ1v) is 12.7. The Hall–Kier alpha value is -2.90. The SMILES string of the molecule is Cc1cc(C)cc(OCc2nc(C(=O)N[C@H]3CCCC[C@@H]3NC(=O)c3ccc(Cl)cc3)cs2)c1. The van der Waals surface area contributed by atoms with Crippen LogP contribution < -0.4 is 15.4 Å². The van der Waals surface area contributed by atoms with Crippen molar-refractivity contribution in [3.63, 3.8) is 0 Å². The van der Waals surface area contributed by atoms with Crippen molar-refractivity contribution in [1.29, 1.82) is 0 Å². The van der Waals surface area contributed by atoms with Crippen molar-refractivity contribution in [2.45, 2.75) is 58.2 Å². The fourth-order valence-corrected chi connectivity index (χ4v) is 5.03. The summed E-state index contributed by atoms with van der Waals surface area (Å²) in [5, 5.41) is 9.23. The fraction of sp³-hybridized carbons (Fsp3) is 0.346. The number of carbonyl (C=O) groups excluding carboxylic acids is 2. The van der Waals surface area contributed by atoms with Gasteiger partial charge >= 0.3 is 0 Å². The normalized spacial score (nSPS) is 17.7. The Morgan fingerprint density at radius 2 is 1.62 bits per heavy atom. The van der Waals surface area contributed by atoms with E-state index in [-0.39, 0.29) is 23.9 Å². The first-order chi connectivity index (χ1) is 16.4. The lowest BCUT2D eigenvalue weighted by molar-refractivity contribution is 0.0860. The molecule has 0 radical (unpaired) electrons. The smallest absolute Gasteiger partial charge is 0.271 e. The highest BCUT2D eigenvalue weighted by molar-refractivity contribution is 7.09. The van der Waals surface area contributed by atoms with E-state index in [1.165, 1.54) is 11.3 Å². The first kappa shape index (κ1) is 24.2. The van der Waals surface area contributed by atoms with Crippen LogP contribution >= 0.6 is 22.9 Å². The third-order valence-electron chi connectivity index (χ3n) is 5.85. The maximum Gasteiger partial charge on any atom is 0.271 e. The minimum Gasteiger partial charge on any atom is -0.486 e. The van der Waals surface area contributed by atoms with Crippen LogP contribution in [0.3, 0.4) is 0 Å². The molecule has 178 valence electrons. The predicted octanol–water partition coefficient (Wildman–Crippen LogP) is 5.46. The number of hydrogen-bond acceptors (Lipinski definition) is 5. The van der Waals surface area contributed by atoms with Crippen molar-refractivity contribution in [3.8, 4) is 5.75 Å². The van der Waals surface area contributed by atoms with Gasteiger partial charge in [0.15, 0.2) is 0 Å². The molecule has 1 aliphatic rings. The Kier molecular flexibility index (Phi) is 7.85. The average molecular weight is 498 g/mol. The summed E-state index contributed by atoms with van der Waals surface area (Å²) in [4.78, 5) is 30.0. The highest BCUT2D eigenvalue weighted by Gasteiger charge is 2.29. The second kappa shape index (κ2) is 11.0. The van der Waals surface area contributed by atoms with Crippen LogP contribution in [0.1, 0.15) is 62.7 Å². The molecular weight excluding hydrogens is 470 g/mol. The van der Waals surface area contributed by atoms with E-state index in [9.17, 15) is 9.59 Å². The minimum absolute atomic E-state index is 0.133. The lowest BCUT2D eigenvalue weighted by Gasteiger charge is -2.32. The van der Waals surface area contributed by atoms with Crippen molar-refractivity contribution in [1.82, 2.24) is 15.6 Å². The highest BCUT2D eigenvalue weighted by Crippen LogP contribution is 2.22. The summed E-state index contributed by atoms with van der Waals surface area (Å²) in [5.74, 6) is 0.397. The molecule has 0 bridgehead atoms. The molecule has 3 aromatic rings. The monoisotopic (exact) mass is 497 g/mol. The quantitative estimate of drug-likeness (QED) is 0.454. The van der Waals surface area contributed by atoms with Gasteiger partial charge in [-0.3, -0.25) is 9.59 Å².